The Labute approximate surface area is 107 Å². The van der Waals surface area contributed by atoms with Gasteiger partial charge in [0, 0.05) is 6.04 Å². The van der Waals surface area contributed by atoms with Crippen LogP contribution < -0.4 is 5.32 Å². The molecule has 0 spiro atoms. The number of nitrogens with one attached hydrogen (secondary N) is 1. The van der Waals surface area contributed by atoms with Crippen LogP contribution in [0, 0.1) is 5.92 Å². The van der Waals surface area contributed by atoms with Crippen LogP contribution in [-0.4, -0.2) is 13.1 Å². The summed E-state index contributed by atoms with van der Waals surface area (Å²) in [5, 5.41) is 3.54. The number of hydrogen-bond donors (Lipinski definition) is 1. The fraction of sp³-hybridized carbons (Fsp3) is 0.875. The van der Waals surface area contributed by atoms with E-state index in [1.54, 1.807) is 5.57 Å². The van der Waals surface area contributed by atoms with E-state index in [2.05, 4.69) is 18.4 Å². The number of likely N-dealkylation sites (N-methyl/N-ethyl adjacent to an activating group) is 1. The molecule has 1 nitrogen and oxygen atoms in total. The van der Waals surface area contributed by atoms with Crippen molar-refractivity contribution in [3.63, 3.8) is 0 Å². The third-order valence-electron chi connectivity index (χ3n) is 4.71. The van der Waals surface area contributed by atoms with Crippen LogP contribution in [0.5, 0.6) is 0 Å². The minimum Gasteiger partial charge on any atom is -0.313 e. The van der Waals surface area contributed by atoms with Gasteiger partial charge in [0.15, 0.2) is 0 Å². The molecule has 0 aromatic rings. The Hall–Kier alpha value is -0.300. The summed E-state index contributed by atoms with van der Waals surface area (Å²) in [5.41, 5.74) is 1.70. The zero-order valence-corrected chi connectivity index (χ0v) is 11.5. The standard InChI is InChI=1S/C16H29N/c1-17-16(15-10-6-3-7-11-15)13-12-14-8-4-2-5-9-14/h10,14,16-17H,2-9,11-13H2,1H3. The van der Waals surface area contributed by atoms with Gasteiger partial charge in [0.1, 0.15) is 0 Å². The van der Waals surface area contributed by atoms with Crippen molar-refractivity contribution in [1.29, 1.82) is 0 Å². The molecule has 0 amide bonds. The van der Waals surface area contributed by atoms with Crippen LogP contribution in [0.1, 0.15) is 70.6 Å². The number of rotatable bonds is 5. The second-order valence-corrected chi connectivity index (χ2v) is 5.95. The lowest BCUT2D eigenvalue weighted by atomic mass is 9.83. The topological polar surface area (TPSA) is 12.0 Å². The molecule has 1 unspecified atom stereocenters. The molecule has 1 atom stereocenters. The maximum atomic E-state index is 3.54. The van der Waals surface area contributed by atoms with Crippen molar-refractivity contribution in [1.82, 2.24) is 5.32 Å². The van der Waals surface area contributed by atoms with Gasteiger partial charge in [-0.2, -0.15) is 0 Å². The van der Waals surface area contributed by atoms with Gasteiger partial charge in [0.2, 0.25) is 0 Å². The molecule has 17 heavy (non-hydrogen) atoms. The highest BCUT2D eigenvalue weighted by atomic mass is 14.9. The van der Waals surface area contributed by atoms with Crippen LogP contribution in [0.4, 0.5) is 0 Å². The van der Waals surface area contributed by atoms with Crippen molar-refractivity contribution >= 4 is 0 Å². The van der Waals surface area contributed by atoms with Gasteiger partial charge >= 0.3 is 0 Å². The fourth-order valence-electron chi connectivity index (χ4n) is 3.57. The van der Waals surface area contributed by atoms with E-state index < -0.39 is 0 Å². The average Bonchev–Trinajstić information content (AvgIpc) is 2.42. The second kappa shape index (κ2) is 7.20. The van der Waals surface area contributed by atoms with Gasteiger partial charge in [-0.3, -0.25) is 0 Å². The molecule has 2 rings (SSSR count). The number of allylic oxidation sites excluding steroid dienone is 1. The molecule has 0 saturated heterocycles. The molecule has 1 saturated carbocycles. The van der Waals surface area contributed by atoms with Crippen molar-refractivity contribution in [2.45, 2.75) is 76.7 Å². The first kappa shape index (κ1) is 13.1. The van der Waals surface area contributed by atoms with Crippen LogP contribution in [0.2, 0.25) is 0 Å². The molecule has 1 N–H and O–H groups in total. The monoisotopic (exact) mass is 235 g/mol. The highest BCUT2D eigenvalue weighted by molar-refractivity contribution is 5.12. The molecule has 0 bridgehead atoms. The second-order valence-electron chi connectivity index (χ2n) is 5.95. The van der Waals surface area contributed by atoms with Crippen molar-refractivity contribution < 1.29 is 0 Å². The molecule has 0 aliphatic heterocycles. The summed E-state index contributed by atoms with van der Waals surface area (Å²) in [7, 11) is 2.14. The summed E-state index contributed by atoms with van der Waals surface area (Å²) in [4.78, 5) is 0. The third kappa shape index (κ3) is 4.13. The normalized spacial score (nSPS) is 24.4. The highest BCUT2D eigenvalue weighted by Gasteiger charge is 2.18. The zero-order chi connectivity index (χ0) is 11.9. The summed E-state index contributed by atoms with van der Waals surface area (Å²) in [6, 6.07) is 0.678. The molecule has 0 radical (unpaired) electrons. The first-order chi connectivity index (χ1) is 8.40. The van der Waals surface area contributed by atoms with Crippen molar-refractivity contribution in [3.05, 3.63) is 11.6 Å². The zero-order valence-electron chi connectivity index (χ0n) is 11.5. The SMILES string of the molecule is CNC(CCC1CCCCC1)C1=CCCCC1. The van der Waals surface area contributed by atoms with E-state index in [1.807, 2.05) is 0 Å². The van der Waals surface area contributed by atoms with Gasteiger partial charge in [-0.05, 0) is 51.5 Å². The lowest BCUT2D eigenvalue weighted by molar-refractivity contribution is 0.321. The lowest BCUT2D eigenvalue weighted by Gasteiger charge is -2.27. The predicted octanol–water partition coefficient (Wildman–Crippen LogP) is 4.44. The Balaban J connectivity index is 1.76. The van der Waals surface area contributed by atoms with Gasteiger partial charge in [-0.15, -0.1) is 0 Å². The van der Waals surface area contributed by atoms with Gasteiger partial charge in [-0.25, -0.2) is 0 Å². The first-order valence-corrected chi connectivity index (χ1v) is 7.76. The largest absolute Gasteiger partial charge is 0.313 e. The van der Waals surface area contributed by atoms with Crippen LogP contribution in [0.25, 0.3) is 0 Å². The molecule has 1 heteroatoms. The van der Waals surface area contributed by atoms with Gasteiger partial charge < -0.3 is 5.32 Å². The molecular formula is C16H29N. The molecule has 0 heterocycles. The van der Waals surface area contributed by atoms with E-state index in [1.165, 1.54) is 70.6 Å². The maximum Gasteiger partial charge on any atom is 0.0276 e. The van der Waals surface area contributed by atoms with Gasteiger partial charge in [-0.1, -0.05) is 43.8 Å². The summed E-state index contributed by atoms with van der Waals surface area (Å²) >= 11 is 0. The van der Waals surface area contributed by atoms with E-state index in [4.69, 9.17) is 0 Å². The van der Waals surface area contributed by atoms with Crippen LogP contribution in [-0.2, 0) is 0 Å². The highest BCUT2D eigenvalue weighted by Crippen LogP contribution is 2.29. The fourth-order valence-corrected chi connectivity index (χ4v) is 3.57. The molecule has 2 aliphatic rings. The van der Waals surface area contributed by atoms with Crippen LogP contribution >= 0.6 is 0 Å². The van der Waals surface area contributed by atoms with Crippen LogP contribution in [0.3, 0.4) is 0 Å². The minimum atomic E-state index is 0.678. The molecule has 98 valence electrons. The maximum absolute atomic E-state index is 3.54. The smallest absolute Gasteiger partial charge is 0.0276 e. The summed E-state index contributed by atoms with van der Waals surface area (Å²) < 4.78 is 0. The molecule has 2 aliphatic carbocycles. The predicted molar refractivity (Wildman–Crippen MR) is 75.2 cm³/mol. The Morgan fingerprint density at radius 2 is 2.00 bits per heavy atom. The minimum absolute atomic E-state index is 0.678. The summed E-state index contributed by atoms with van der Waals surface area (Å²) in [6.07, 6.45) is 18.2. The van der Waals surface area contributed by atoms with Gasteiger partial charge in [0.05, 0.1) is 0 Å². The van der Waals surface area contributed by atoms with E-state index >= 15 is 0 Å². The Morgan fingerprint density at radius 3 is 2.65 bits per heavy atom. The Bertz CT molecular complexity index is 238. The quantitative estimate of drug-likeness (QED) is 0.695. The Kier molecular flexibility index (Phi) is 5.57. The summed E-state index contributed by atoms with van der Waals surface area (Å²) in [5.74, 6) is 1.03. The third-order valence-corrected chi connectivity index (χ3v) is 4.71. The molecule has 0 aromatic heterocycles. The number of hydrogen-bond acceptors (Lipinski definition) is 1. The van der Waals surface area contributed by atoms with Crippen molar-refractivity contribution in [3.8, 4) is 0 Å². The van der Waals surface area contributed by atoms with E-state index in [-0.39, 0.29) is 0 Å². The molecule has 0 aromatic carbocycles. The van der Waals surface area contributed by atoms with E-state index in [0.29, 0.717) is 6.04 Å². The van der Waals surface area contributed by atoms with Crippen LogP contribution in [0.15, 0.2) is 11.6 Å². The Morgan fingerprint density at radius 1 is 1.18 bits per heavy atom. The van der Waals surface area contributed by atoms with Crippen molar-refractivity contribution in [2.75, 3.05) is 7.05 Å². The van der Waals surface area contributed by atoms with Crippen molar-refractivity contribution in [2.24, 2.45) is 5.92 Å². The molecule has 1 fully saturated rings. The molecular weight excluding hydrogens is 206 g/mol. The van der Waals surface area contributed by atoms with E-state index in [0.717, 1.165) is 5.92 Å². The average molecular weight is 235 g/mol. The van der Waals surface area contributed by atoms with Gasteiger partial charge in [0.25, 0.3) is 0 Å². The lowest BCUT2D eigenvalue weighted by Crippen LogP contribution is -2.29. The first-order valence-electron chi connectivity index (χ1n) is 7.76. The summed E-state index contributed by atoms with van der Waals surface area (Å²) in [6.45, 7) is 0. The van der Waals surface area contributed by atoms with E-state index in [9.17, 15) is 0 Å².